The molecule has 33 heavy (non-hydrogen) atoms. The zero-order chi connectivity index (χ0) is 23.2. The number of nitrogens with one attached hydrogen (secondary N) is 2. The van der Waals surface area contributed by atoms with Crippen LogP contribution >= 0.6 is 0 Å². The van der Waals surface area contributed by atoms with Gasteiger partial charge in [0.05, 0.1) is 17.0 Å². The van der Waals surface area contributed by atoms with Gasteiger partial charge in [0.25, 0.3) is 5.92 Å². The summed E-state index contributed by atoms with van der Waals surface area (Å²) in [4.78, 5) is 12.2. The number of hydrogen-bond donors (Lipinski definition) is 2. The molecule has 0 aliphatic carbocycles. The van der Waals surface area contributed by atoms with E-state index in [0.29, 0.717) is 23.7 Å². The molecule has 0 radical (unpaired) electrons. The smallest absolute Gasteiger partial charge is 0.274 e. The molecule has 8 heteroatoms. The molecule has 1 aliphatic rings. The fourth-order valence-corrected chi connectivity index (χ4v) is 4.77. The number of aromatic nitrogens is 4. The van der Waals surface area contributed by atoms with Crippen LogP contribution in [0.1, 0.15) is 42.6 Å². The van der Waals surface area contributed by atoms with E-state index < -0.39 is 5.92 Å². The van der Waals surface area contributed by atoms with Gasteiger partial charge >= 0.3 is 0 Å². The average molecular weight is 452 g/mol. The van der Waals surface area contributed by atoms with Crippen LogP contribution in [0.4, 0.5) is 8.78 Å². The fraction of sp³-hybridized carbons (Fsp3) is 0.400. The number of rotatable bonds is 5. The van der Waals surface area contributed by atoms with Crippen LogP contribution in [0.5, 0.6) is 0 Å². The van der Waals surface area contributed by atoms with E-state index in [1.807, 2.05) is 32.0 Å². The first kappa shape index (κ1) is 21.7. The van der Waals surface area contributed by atoms with E-state index in [-0.39, 0.29) is 11.3 Å². The van der Waals surface area contributed by atoms with Crippen LogP contribution in [-0.2, 0) is 12.3 Å². The Hall–Kier alpha value is -3.13. The van der Waals surface area contributed by atoms with Crippen molar-refractivity contribution in [2.75, 3.05) is 13.1 Å². The van der Waals surface area contributed by atoms with Crippen molar-refractivity contribution >= 4 is 10.9 Å². The number of halogens is 2. The normalized spacial score (nSPS) is 17.1. The van der Waals surface area contributed by atoms with E-state index in [2.05, 4.69) is 25.4 Å². The molecule has 0 spiro atoms. The van der Waals surface area contributed by atoms with Gasteiger partial charge in [0.2, 0.25) is 0 Å². The summed E-state index contributed by atoms with van der Waals surface area (Å²) < 4.78 is 34.3. The monoisotopic (exact) mass is 451 g/mol. The van der Waals surface area contributed by atoms with Crippen LogP contribution in [-0.4, -0.2) is 33.2 Å². The highest BCUT2D eigenvalue weighted by Gasteiger charge is 2.31. The summed E-state index contributed by atoms with van der Waals surface area (Å²) in [5.74, 6) is -1.29. The number of nitrogens with zero attached hydrogens (tertiary/aromatic N) is 3. The Balaban J connectivity index is 1.58. The Morgan fingerprint density at radius 2 is 2.09 bits per heavy atom. The average Bonchev–Trinajstić information content (AvgIpc) is 3.35. The topological polar surface area (TPSA) is 79.6 Å². The molecule has 1 aromatic carbocycles. The minimum Gasteiger partial charge on any atom is -0.361 e. The largest absolute Gasteiger partial charge is 0.361 e. The van der Waals surface area contributed by atoms with Crippen LogP contribution in [0.2, 0.25) is 0 Å². The Morgan fingerprint density at radius 1 is 1.24 bits per heavy atom. The van der Waals surface area contributed by atoms with E-state index in [1.54, 1.807) is 6.20 Å². The summed E-state index contributed by atoms with van der Waals surface area (Å²) in [5, 5.41) is 8.26. The van der Waals surface area contributed by atoms with Crippen molar-refractivity contribution in [3.8, 4) is 22.4 Å². The minimum absolute atomic E-state index is 0.163. The van der Waals surface area contributed by atoms with Crippen molar-refractivity contribution in [2.45, 2.75) is 46.0 Å². The summed E-state index contributed by atoms with van der Waals surface area (Å²) in [6.45, 7) is 6.59. The number of fused-ring (bicyclic) bond motifs is 1. The predicted molar refractivity (Wildman–Crippen MR) is 123 cm³/mol. The van der Waals surface area contributed by atoms with Crippen molar-refractivity contribution in [2.24, 2.45) is 5.92 Å². The molecule has 0 amide bonds. The molecule has 3 aromatic heterocycles. The van der Waals surface area contributed by atoms with Crippen molar-refractivity contribution in [3.63, 3.8) is 0 Å². The number of aromatic amines is 1. The third kappa shape index (κ3) is 4.15. The summed E-state index contributed by atoms with van der Waals surface area (Å²) in [5.41, 5.74) is 4.32. The first-order valence-electron chi connectivity index (χ1n) is 11.3. The highest BCUT2D eigenvalue weighted by atomic mass is 19.3. The molecule has 1 saturated heterocycles. The highest BCUT2D eigenvalue weighted by molar-refractivity contribution is 5.97. The highest BCUT2D eigenvalue weighted by Crippen LogP contribution is 2.38. The molecule has 2 N–H and O–H groups in total. The number of piperidine rings is 1. The number of alkyl halides is 2. The number of aryl methyl sites for hydroxylation is 2. The first-order valence-corrected chi connectivity index (χ1v) is 11.3. The van der Waals surface area contributed by atoms with Crippen molar-refractivity contribution in [3.05, 3.63) is 53.4 Å². The minimum atomic E-state index is -3.06. The van der Waals surface area contributed by atoms with Gasteiger partial charge in [0.15, 0.2) is 0 Å². The molecule has 1 aliphatic heterocycles. The molecule has 4 aromatic rings. The molecule has 0 bridgehead atoms. The lowest BCUT2D eigenvalue weighted by molar-refractivity contribution is 0.0174. The van der Waals surface area contributed by atoms with Gasteiger partial charge in [-0.25, -0.2) is 18.7 Å². The lowest BCUT2D eigenvalue weighted by Crippen LogP contribution is -2.31. The molecule has 6 nitrogen and oxygen atoms in total. The third-order valence-corrected chi connectivity index (χ3v) is 6.44. The molecule has 172 valence electrons. The first-order chi connectivity index (χ1) is 15.8. The van der Waals surface area contributed by atoms with Crippen molar-refractivity contribution < 1.29 is 13.3 Å². The predicted octanol–water partition coefficient (Wildman–Crippen LogP) is 5.55. The van der Waals surface area contributed by atoms with Crippen molar-refractivity contribution in [1.82, 2.24) is 25.4 Å². The third-order valence-electron chi connectivity index (χ3n) is 6.44. The van der Waals surface area contributed by atoms with E-state index in [1.165, 1.54) is 6.20 Å². The zero-order valence-electron chi connectivity index (χ0n) is 19.0. The van der Waals surface area contributed by atoms with Gasteiger partial charge in [-0.2, -0.15) is 0 Å². The Morgan fingerprint density at radius 3 is 2.79 bits per heavy atom. The lowest BCUT2D eigenvalue weighted by atomic mass is 9.95. The van der Waals surface area contributed by atoms with Gasteiger partial charge in [-0.3, -0.25) is 0 Å². The molecular weight excluding hydrogens is 424 g/mol. The van der Waals surface area contributed by atoms with E-state index in [4.69, 9.17) is 4.52 Å². The number of benzene rings is 1. The van der Waals surface area contributed by atoms with Crippen LogP contribution in [0.15, 0.2) is 35.1 Å². The van der Waals surface area contributed by atoms with Gasteiger partial charge in [0.1, 0.15) is 11.6 Å². The maximum atomic E-state index is 14.5. The molecule has 0 unspecified atom stereocenters. The second-order valence-electron chi connectivity index (χ2n) is 9.02. The van der Waals surface area contributed by atoms with Gasteiger partial charge in [-0.1, -0.05) is 17.3 Å². The molecule has 4 heterocycles. The maximum absolute atomic E-state index is 14.5. The molecular formula is C25H27F2N5O. The van der Waals surface area contributed by atoms with Crippen LogP contribution in [0.25, 0.3) is 33.3 Å². The van der Waals surface area contributed by atoms with Gasteiger partial charge in [-0.05, 0) is 57.3 Å². The van der Waals surface area contributed by atoms with E-state index in [0.717, 1.165) is 66.3 Å². The second kappa shape index (κ2) is 8.33. The Kier molecular flexibility index (Phi) is 5.48. The van der Waals surface area contributed by atoms with E-state index >= 15 is 0 Å². The maximum Gasteiger partial charge on any atom is 0.274 e. The summed E-state index contributed by atoms with van der Waals surface area (Å²) in [6, 6.07) is 5.89. The Labute approximate surface area is 190 Å². The second-order valence-corrected chi connectivity index (χ2v) is 9.02. The van der Waals surface area contributed by atoms with Gasteiger partial charge < -0.3 is 14.8 Å². The van der Waals surface area contributed by atoms with Crippen molar-refractivity contribution in [1.29, 1.82) is 0 Å². The van der Waals surface area contributed by atoms with Gasteiger partial charge in [0, 0.05) is 47.8 Å². The summed E-state index contributed by atoms with van der Waals surface area (Å²) in [6.07, 6.45) is 5.93. The SMILES string of the molecule is Cc1noc(C)c1-c1ccc2c(-c3nc(C[C@H]4CCCNC4)ncc3C(C)(F)F)c[nH]c2c1. The fourth-order valence-electron chi connectivity index (χ4n) is 4.77. The number of hydrogen-bond acceptors (Lipinski definition) is 5. The lowest BCUT2D eigenvalue weighted by Gasteiger charge is -2.22. The summed E-state index contributed by atoms with van der Waals surface area (Å²) >= 11 is 0. The Bertz CT molecular complexity index is 1280. The molecule has 0 saturated carbocycles. The van der Waals surface area contributed by atoms with Crippen LogP contribution in [0, 0.1) is 19.8 Å². The summed E-state index contributed by atoms with van der Waals surface area (Å²) in [7, 11) is 0. The van der Waals surface area contributed by atoms with Crippen LogP contribution in [0.3, 0.4) is 0 Å². The molecule has 5 rings (SSSR count). The molecule has 1 atom stereocenters. The quantitative estimate of drug-likeness (QED) is 0.416. The number of H-pyrrole nitrogens is 1. The molecule has 1 fully saturated rings. The van der Waals surface area contributed by atoms with E-state index in [9.17, 15) is 8.78 Å². The standard InChI is InChI=1S/C25H27F2N5O/c1-14-23(15(2)33-32-14)17-6-7-18-19(12-29-21(18)10-17)24-20(25(3,26)27)13-30-22(31-24)9-16-5-4-8-28-11-16/h6-7,10,12-13,16,28-29H,4-5,8-9,11H2,1-3H3/t16-/m1/s1. The van der Waals surface area contributed by atoms with Crippen LogP contribution < -0.4 is 5.32 Å². The van der Waals surface area contributed by atoms with Gasteiger partial charge in [-0.15, -0.1) is 0 Å². The zero-order valence-corrected chi connectivity index (χ0v) is 19.0.